The van der Waals surface area contributed by atoms with Crippen LogP contribution >= 0.6 is 12.2 Å². The molecule has 3 fully saturated rings. The van der Waals surface area contributed by atoms with Gasteiger partial charge in [-0.05, 0) is 38.6 Å². The summed E-state index contributed by atoms with van der Waals surface area (Å²) in [7, 11) is 0. The number of hydrogen-bond acceptors (Lipinski definition) is 3. The Morgan fingerprint density at radius 2 is 1.80 bits per heavy atom. The van der Waals surface area contributed by atoms with Gasteiger partial charge in [0.1, 0.15) is 0 Å². The Bertz CT molecular complexity index is 406. The molecule has 0 bridgehead atoms. The number of nitrogens with two attached hydrogens (primary N) is 1. The van der Waals surface area contributed by atoms with Crippen molar-refractivity contribution in [3.8, 4) is 0 Å². The van der Waals surface area contributed by atoms with Crippen molar-refractivity contribution in [2.75, 3.05) is 26.2 Å². The van der Waals surface area contributed by atoms with Gasteiger partial charge in [0.25, 0.3) is 0 Å². The lowest BCUT2D eigenvalue weighted by molar-refractivity contribution is -0.138. The zero-order valence-corrected chi connectivity index (χ0v) is 13.0. The molecule has 2 heterocycles. The van der Waals surface area contributed by atoms with Gasteiger partial charge in [-0.25, -0.2) is 0 Å². The standard InChI is InChI=1S/C15H25N3OS/c16-13(20)15(6-1-2-7-15)14(19)18-10-4-9-17-8-3-5-12(17)11-18/h12H,1-11H2,(H2,16,20). The van der Waals surface area contributed by atoms with Crippen molar-refractivity contribution in [2.24, 2.45) is 11.1 Å². The highest BCUT2D eigenvalue weighted by atomic mass is 32.1. The maximum atomic E-state index is 13.0. The molecule has 0 spiro atoms. The highest BCUT2D eigenvalue weighted by Gasteiger charge is 2.47. The molecule has 5 heteroatoms. The number of nitrogens with zero attached hydrogens (tertiary/aromatic N) is 2. The molecule has 2 saturated heterocycles. The Morgan fingerprint density at radius 3 is 2.50 bits per heavy atom. The minimum absolute atomic E-state index is 0.219. The Kier molecular flexibility index (Phi) is 4.00. The first-order valence-corrected chi connectivity index (χ1v) is 8.38. The molecule has 1 amide bonds. The fourth-order valence-corrected chi connectivity index (χ4v) is 4.53. The molecule has 1 aliphatic carbocycles. The van der Waals surface area contributed by atoms with Crippen LogP contribution in [0.15, 0.2) is 0 Å². The molecule has 1 atom stereocenters. The van der Waals surface area contributed by atoms with E-state index in [2.05, 4.69) is 9.80 Å². The van der Waals surface area contributed by atoms with Crippen LogP contribution in [0.3, 0.4) is 0 Å². The van der Waals surface area contributed by atoms with Crippen LogP contribution in [-0.4, -0.2) is 52.9 Å². The fraction of sp³-hybridized carbons (Fsp3) is 0.867. The van der Waals surface area contributed by atoms with Crippen LogP contribution < -0.4 is 5.73 Å². The topological polar surface area (TPSA) is 49.6 Å². The number of carbonyl (C=O) groups excluding carboxylic acids is 1. The largest absolute Gasteiger partial charge is 0.392 e. The number of hydrogen-bond donors (Lipinski definition) is 1. The third kappa shape index (κ3) is 2.35. The van der Waals surface area contributed by atoms with Gasteiger partial charge in [-0.15, -0.1) is 0 Å². The number of amides is 1. The maximum absolute atomic E-state index is 13.0. The lowest BCUT2D eigenvalue weighted by Gasteiger charge is -2.34. The van der Waals surface area contributed by atoms with Gasteiger partial charge in [-0.1, -0.05) is 25.1 Å². The Balaban J connectivity index is 1.77. The molecular weight excluding hydrogens is 270 g/mol. The predicted molar refractivity (Wildman–Crippen MR) is 83.5 cm³/mol. The van der Waals surface area contributed by atoms with Gasteiger partial charge >= 0.3 is 0 Å². The second kappa shape index (κ2) is 5.60. The van der Waals surface area contributed by atoms with Crippen molar-refractivity contribution in [1.29, 1.82) is 0 Å². The van der Waals surface area contributed by atoms with E-state index in [4.69, 9.17) is 18.0 Å². The van der Waals surface area contributed by atoms with E-state index in [9.17, 15) is 4.79 Å². The summed E-state index contributed by atoms with van der Waals surface area (Å²) in [5, 5.41) is 0. The van der Waals surface area contributed by atoms with Crippen LogP contribution in [0.1, 0.15) is 44.9 Å². The first-order chi connectivity index (χ1) is 9.63. The third-order valence-electron chi connectivity index (χ3n) is 5.43. The maximum Gasteiger partial charge on any atom is 0.235 e. The quantitative estimate of drug-likeness (QED) is 0.785. The van der Waals surface area contributed by atoms with Gasteiger partial charge in [0.2, 0.25) is 5.91 Å². The smallest absolute Gasteiger partial charge is 0.235 e. The van der Waals surface area contributed by atoms with Gasteiger partial charge in [0.15, 0.2) is 0 Å². The van der Waals surface area contributed by atoms with Gasteiger partial charge in [-0.2, -0.15) is 0 Å². The molecule has 1 saturated carbocycles. The normalized spacial score (nSPS) is 30.0. The minimum atomic E-state index is -0.525. The van der Waals surface area contributed by atoms with Gasteiger partial charge in [0.05, 0.1) is 10.4 Å². The molecule has 112 valence electrons. The van der Waals surface area contributed by atoms with Gasteiger partial charge in [-0.3, -0.25) is 9.69 Å². The minimum Gasteiger partial charge on any atom is -0.392 e. The fourth-order valence-electron chi connectivity index (χ4n) is 4.24. The van der Waals surface area contributed by atoms with Gasteiger partial charge < -0.3 is 10.6 Å². The number of thiocarbonyl (C=S) groups is 1. The highest BCUT2D eigenvalue weighted by Crippen LogP contribution is 2.40. The van der Waals surface area contributed by atoms with Crippen molar-refractivity contribution < 1.29 is 4.79 Å². The number of rotatable bonds is 2. The molecule has 2 aliphatic heterocycles. The average molecular weight is 295 g/mol. The monoisotopic (exact) mass is 295 g/mol. The zero-order chi connectivity index (χ0) is 14.2. The second-order valence-electron chi connectivity index (χ2n) is 6.59. The van der Waals surface area contributed by atoms with E-state index < -0.39 is 5.41 Å². The van der Waals surface area contributed by atoms with Crippen LogP contribution in [0.25, 0.3) is 0 Å². The van der Waals surface area contributed by atoms with E-state index in [0.29, 0.717) is 11.0 Å². The predicted octanol–water partition coefficient (Wildman–Crippen LogP) is 1.53. The summed E-state index contributed by atoms with van der Waals surface area (Å²) in [5.41, 5.74) is 5.43. The number of carbonyl (C=O) groups is 1. The molecule has 0 aromatic carbocycles. The van der Waals surface area contributed by atoms with Crippen molar-refractivity contribution in [1.82, 2.24) is 9.80 Å². The van der Waals surface area contributed by atoms with E-state index in [-0.39, 0.29) is 5.91 Å². The lowest BCUT2D eigenvalue weighted by atomic mass is 9.84. The molecule has 0 aromatic rings. The average Bonchev–Trinajstić information content (AvgIpc) is 3.04. The van der Waals surface area contributed by atoms with Crippen LogP contribution in [0.4, 0.5) is 0 Å². The molecule has 3 aliphatic rings. The molecule has 4 nitrogen and oxygen atoms in total. The second-order valence-corrected chi connectivity index (χ2v) is 7.03. The molecule has 0 radical (unpaired) electrons. The Morgan fingerprint density at radius 1 is 1.10 bits per heavy atom. The molecule has 0 aromatic heterocycles. The molecule has 2 N–H and O–H groups in total. The summed E-state index contributed by atoms with van der Waals surface area (Å²) >= 11 is 5.26. The summed E-state index contributed by atoms with van der Waals surface area (Å²) in [6, 6.07) is 0.561. The van der Waals surface area contributed by atoms with E-state index >= 15 is 0 Å². The van der Waals surface area contributed by atoms with Gasteiger partial charge in [0, 0.05) is 25.7 Å². The van der Waals surface area contributed by atoms with E-state index in [0.717, 1.165) is 51.7 Å². The van der Waals surface area contributed by atoms with Crippen LogP contribution in [0.5, 0.6) is 0 Å². The highest BCUT2D eigenvalue weighted by molar-refractivity contribution is 7.80. The summed E-state index contributed by atoms with van der Waals surface area (Å²) in [4.78, 5) is 18.1. The van der Waals surface area contributed by atoms with E-state index in [1.165, 1.54) is 19.4 Å². The SMILES string of the molecule is NC(=S)C1(C(=O)N2CCCN3CCCC3C2)CCCC1. The first-order valence-electron chi connectivity index (χ1n) is 7.97. The molecule has 20 heavy (non-hydrogen) atoms. The van der Waals surface area contributed by atoms with Crippen molar-refractivity contribution in [3.05, 3.63) is 0 Å². The molecule has 1 unspecified atom stereocenters. The van der Waals surface area contributed by atoms with Crippen LogP contribution in [-0.2, 0) is 4.79 Å². The van der Waals surface area contributed by atoms with Crippen molar-refractivity contribution in [2.45, 2.75) is 51.0 Å². The molecule has 3 rings (SSSR count). The van der Waals surface area contributed by atoms with E-state index in [1.54, 1.807) is 0 Å². The summed E-state index contributed by atoms with van der Waals surface area (Å²) in [5.74, 6) is 0.219. The Hall–Kier alpha value is -0.680. The van der Waals surface area contributed by atoms with Crippen molar-refractivity contribution >= 4 is 23.1 Å². The number of fused-ring (bicyclic) bond motifs is 1. The Labute approximate surface area is 126 Å². The zero-order valence-electron chi connectivity index (χ0n) is 12.1. The lowest BCUT2D eigenvalue weighted by Crippen LogP contribution is -2.51. The summed E-state index contributed by atoms with van der Waals surface area (Å²) in [6.45, 7) is 4.08. The van der Waals surface area contributed by atoms with Crippen molar-refractivity contribution in [3.63, 3.8) is 0 Å². The summed E-state index contributed by atoms with van der Waals surface area (Å²) in [6.07, 6.45) is 7.43. The van der Waals surface area contributed by atoms with Crippen LogP contribution in [0, 0.1) is 5.41 Å². The summed E-state index contributed by atoms with van der Waals surface area (Å²) < 4.78 is 0. The third-order valence-corrected chi connectivity index (χ3v) is 5.82. The first kappa shape index (κ1) is 14.3. The van der Waals surface area contributed by atoms with E-state index in [1.807, 2.05) is 0 Å². The van der Waals surface area contributed by atoms with Crippen LogP contribution in [0.2, 0.25) is 0 Å². The molecular formula is C15H25N3OS.